The molecule has 3 aromatic heterocycles. The van der Waals surface area contributed by atoms with Crippen LogP contribution in [0, 0.1) is 10.8 Å². The molecule has 0 bridgehead atoms. The van der Waals surface area contributed by atoms with Crippen molar-refractivity contribution in [3.63, 3.8) is 0 Å². The predicted molar refractivity (Wildman–Crippen MR) is 463 cm³/mol. The standard InChI is InChI=1S/C82H109N27O17S/c1-4-55-71(117)102-59(31-49-17-10-16-48-15-8-9-18-54(48)49)74(120)105-62(33-51-36-90-44-96-51)80(126)109(28-25-66(83)112)39-68(114)98-63(40-110)77(123)101-57(20-12-27-93-82(87)88)79(125)108(3)65(30-47-21-23-53(111)24-22-47)78(124)104-60(32-50-35-89-43-95-50)75(121)100-56(19-11-26-92-81(85)86)72(118)103-61(34-52-37-91-45-107(52)2)76(122)106-64(70(116)94-38-67(84)113)41-127-42-69(115)97-58(73(119)99-55)29-46-13-6-5-7-14-46/h5-10,13-18,21-24,35-37,43-45,55-65,110-111H,4,11-12,19-20,25-34,38-42H2,1-3H3,(H2,83,112)(H2,84,113)(H,89,95)(H,90,96)(H,94,116)(H,97,115)(H,98,114)(H,99,119)(H,100,121)(H,101,123)(H,102,117)(H,103,118)(H,104,124)(H,105,120)(H,106,122)(H4,85,86,92)(H4,87,88,93). The summed E-state index contributed by atoms with van der Waals surface area (Å²) in [6, 6.07) is 8.18. The monoisotopic (exact) mass is 1780 g/mol. The van der Waals surface area contributed by atoms with Crippen LogP contribution in [0.3, 0.4) is 0 Å². The van der Waals surface area contributed by atoms with E-state index in [1.54, 1.807) is 74.6 Å². The number of fused-ring (bicyclic) bond motifs is 1. The van der Waals surface area contributed by atoms with Gasteiger partial charge in [-0.1, -0.05) is 91.9 Å². The Morgan fingerprint density at radius 1 is 0.528 bits per heavy atom. The molecule has 0 saturated carbocycles. The largest absolute Gasteiger partial charge is 0.508 e. The number of rotatable bonds is 28. The maximum atomic E-state index is 15.5. The molecule has 11 unspecified atom stereocenters. The van der Waals surface area contributed by atoms with Gasteiger partial charge in [-0.25, -0.2) is 15.0 Å². The molecule has 4 heterocycles. The number of hydrogen-bond acceptors (Lipinski definition) is 23. The average Bonchev–Trinajstić information content (AvgIpc) is 1.64. The van der Waals surface area contributed by atoms with Crippen molar-refractivity contribution in [2.75, 3.05) is 57.9 Å². The zero-order chi connectivity index (χ0) is 92.2. The number of nitrogens with zero attached hydrogens (tertiary/aromatic N) is 6. The number of nitrogens with two attached hydrogens (primary N) is 4. The Morgan fingerprint density at radius 2 is 1.05 bits per heavy atom. The van der Waals surface area contributed by atoms with Gasteiger partial charge in [-0.05, 0) is 71.7 Å². The number of phenolic OH excluding ortho intramolecular Hbond substituents is 1. The second-order valence-electron chi connectivity index (χ2n) is 30.1. The van der Waals surface area contributed by atoms with Crippen LogP contribution in [0.15, 0.2) is 135 Å². The van der Waals surface area contributed by atoms with Crippen molar-refractivity contribution in [1.82, 2.24) is 108 Å². The first-order valence-electron chi connectivity index (χ1n) is 40.7. The van der Waals surface area contributed by atoms with Crippen LogP contribution >= 0.6 is 11.8 Å². The van der Waals surface area contributed by atoms with Gasteiger partial charge in [-0.3, -0.25) is 82.7 Å². The highest BCUT2D eigenvalue weighted by Gasteiger charge is 2.40. The van der Waals surface area contributed by atoms with Crippen LogP contribution in [0.25, 0.3) is 10.8 Å². The van der Waals surface area contributed by atoms with E-state index in [2.05, 4.69) is 94.0 Å². The van der Waals surface area contributed by atoms with Gasteiger partial charge in [-0.2, -0.15) is 0 Å². The molecule has 45 heteroatoms. The first kappa shape index (κ1) is 97.9. The Labute approximate surface area is 733 Å². The van der Waals surface area contributed by atoms with E-state index in [1.165, 1.54) is 73.5 Å². The van der Waals surface area contributed by atoms with Crippen molar-refractivity contribution in [3.05, 3.63) is 168 Å². The van der Waals surface area contributed by atoms with Gasteiger partial charge in [0.1, 0.15) is 72.2 Å². The third kappa shape index (κ3) is 31.3. The van der Waals surface area contributed by atoms with Gasteiger partial charge in [0.05, 0.1) is 55.8 Å². The number of aromatic hydroxyl groups is 1. The Hall–Kier alpha value is -14.5. The normalized spacial score (nSPS) is 21.4. The quantitative estimate of drug-likeness (QED) is 0.0123. The molecule has 15 amide bonds. The summed E-state index contributed by atoms with van der Waals surface area (Å²) in [5, 5.41) is 72.4. The number of benzene rings is 4. The van der Waals surface area contributed by atoms with E-state index in [-0.39, 0.29) is 88.0 Å². The number of hydrogen-bond donors (Lipinski definition) is 23. The van der Waals surface area contributed by atoms with E-state index in [4.69, 9.17) is 33.8 Å². The van der Waals surface area contributed by atoms with Gasteiger partial charge >= 0.3 is 0 Å². The maximum Gasteiger partial charge on any atom is 0.246 e. The number of imidazole rings is 3. The zero-order valence-corrected chi connectivity index (χ0v) is 70.9. The molecule has 127 heavy (non-hydrogen) atoms. The molecule has 1 aliphatic heterocycles. The van der Waals surface area contributed by atoms with Crippen LogP contribution in [-0.2, 0) is 117 Å². The number of aromatic amines is 2. The summed E-state index contributed by atoms with van der Waals surface area (Å²) in [6.45, 7) is -2.06. The number of phenols is 1. The highest BCUT2D eigenvalue weighted by atomic mass is 32.2. The number of guanidine groups is 2. The number of thioether (sulfide) groups is 1. The maximum absolute atomic E-state index is 15.5. The smallest absolute Gasteiger partial charge is 0.246 e. The minimum atomic E-state index is -1.95. The van der Waals surface area contributed by atoms with E-state index in [0.717, 1.165) is 26.9 Å². The molecule has 44 nitrogen and oxygen atoms in total. The fourth-order valence-corrected chi connectivity index (χ4v) is 14.5. The van der Waals surface area contributed by atoms with E-state index in [1.807, 2.05) is 12.1 Å². The lowest BCUT2D eigenvalue weighted by Gasteiger charge is -2.33. The van der Waals surface area contributed by atoms with E-state index < -0.39 is 224 Å². The third-order valence-electron chi connectivity index (χ3n) is 20.5. The lowest BCUT2D eigenvalue weighted by Crippen LogP contribution is -2.61. The second kappa shape index (κ2) is 49.1. The van der Waals surface area contributed by atoms with Crippen molar-refractivity contribution in [3.8, 4) is 5.75 Å². The Kier molecular flexibility index (Phi) is 37.8. The fraction of sp³-hybridized carbons (Fsp3) is 0.415. The number of aromatic nitrogens is 6. The molecule has 1 saturated heterocycles. The molecule has 1 fully saturated rings. The summed E-state index contributed by atoms with van der Waals surface area (Å²) in [4.78, 5) is 240. The number of amides is 15. The predicted octanol–water partition coefficient (Wildman–Crippen LogP) is -5.86. The highest BCUT2D eigenvalue weighted by molar-refractivity contribution is 8.00. The summed E-state index contributed by atoms with van der Waals surface area (Å²) >= 11 is 0.783. The molecule has 0 aliphatic carbocycles. The SMILES string of the molecule is CCC1NC(=O)C(Cc2ccccc2)NC(=O)CSCC(C(=O)NCC(N)=O)NC(=O)C(Cc2cncn2C)NC(=O)C(CCCNC(=N)N)NC(=O)C(Cc2c[nH]cn2)NC(=O)C(Cc2ccc(O)cc2)N(C)C(=O)C(CCCNC(=N)N)NC(=O)C(CO)NC(=O)CN(CCC(N)=O)C(=O)C(Cc2c[nH]cn2)NC(=O)C(Cc2cccc3ccccc23)NC1=O. The summed E-state index contributed by atoms with van der Waals surface area (Å²) in [5.41, 5.74) is 24.4. The van der Waals surface area contributed by atoms with E-state index in [0.29, 0.717) is 27.8 Å². The first-order valence-corrected chi connectivity index (χ1v) is 41.9. The van der Waals surface area contributed by atoms with Gasteiger partial charge in [0.2, 0.25) is 88.6 Å². The highest BCUT2D eigenvalue weighted by Crippen LogP contribution is 2.23. The molecule has 11 atom stereocenters. The van der Waals surface area contributed by atoms with Gasteiger partial charge < -0.3 is 127 Å². The molecule has 680 valence electrons. The lowest BCUT2D eigenvalue weighted by molar-refractivity contribution is -0.143. The first-order chi connectivity index (χ1) is 60.7. The minimum absolute atomic E-state index is 0.00910. The molecule has 8 rings (SSSR count). The van der Waals surface area contributed by atoms with Crippen LogP contribution in [0.1, 0.15) is 79.2 Å². The number of carbonyl (C=O) groups excluding carboxylic acids is 15. The number of carbonyl (C=O) groups is 15. The summed E-state index contributed by atoms with van der Waals surface area (Å²) in [6.07, 6.45) is 4.84. The Bertz CT molecular complexity index is 4980. The fourth-order valence-electron chi connectivity index (χ4n) is 13.7. The number of aliphatic hydroxyl groups excluding tert-OH is 1. The molecule has 7 aromatic rings. The van der Waals surface area contributed by atoms with Gasteiger partial charge in [0.15, 0.2) is 11.9 Å². The zero-order valence-electron chi connectivity index (χ0n) is 70.1. The molecule has 4 aromatic carbocycles. The van der Waals surface area contributed by atoms with Gasteiger partial charge in [0, 0.05) is 109 Å². The van der Waals surface area contributed by atoms with Crippen molar-refractivity contribution in [1.29, 1.82) is 10.8 Å². The minimum Gasteiger partial charge on any atom is -0.508 e. The molecule has 0 spiro atoms. The Balaban J connectivity index is 1.23. The molecular weight excluding hydrogens is 1670 g/mol. The van der Waals surface area contributed by atoms with Gasteiger partial charge in [-0.15, -0.1) is 11.8 Å². The van der Waals surface area contributed by atoms with Gasteiger partial charge in [0.25, 0.3) is 0 Å². The van der Waals surface area contributed by atoms with Crippen LogP contribution in [-0.4, -0.2) is 274 Å². The summed E-state index contributed by atoms with van der Waals surface area (Å²) < 4.78 is 1.53. The third-order valence-corrected chi connectivity index (χ3v) is 21.5. The van der Waals surface area contributed by atoms with Crippen LogP contribution in [0.4, 0.5) is 0 Å². The van der Waals surface area contributed by atoms with Crippen LogP contribution in [0.2, 0.25) is 0 Å². The topological polar surface area (TPSA) is 686 Å². The molecule has 0 radical (unpaired) electrons. The molecular formula is C82H109N27O17S. The number of nitrogens with one attached hydrogen (secondary N) is 17. The van der Waals surface area contributed by atoms with Crippen LogP contribution in [0.5, 0.6) is 5.75 Å². The number of aryl methyl sites for hydroxylation is 1. The number of primary amides is 2. The summed E-state index contributed by atoms with van der Waals surface area (Å²) in [5.74, 6) is -17.1. The van der Waals surface area contributed by atoms with E-state index >= 15 is 38.4 Å². The van der Waals surface area contributed by atoms with Crippen LogP contribution < -0.4 is 92.1 Å². The Morgan fingerprint density at radius 3 is 1.65 bits per heavy atom. The van der Waals surface area contributed by atoms with E-state index in [9.17, 15) is 43.8 Å². The average molecular weight is 1780 g/mol. The molecule has 27 N–H and O–H groups in total. The summed E-state index contributed by atoms with van der Waals surface area (Å²) in [7, 11) is 2.78. The van der Waals surface area contributed by atoms with Crippen molar-refractivity contribution in [2.24, 2.45) is 30.0 Å². The number of aliphatic hydroxyl groups is 1. The molecule has 1 aliphatic rings. The van der Waals surface area contributed by atoms with Crippen molar-refractivity contribution >= 4 is 123 Å². The number of likely N-dealkylation sites (N-methyl/N-ethyl adjacent to an activating group) is 1. The van der Waals surface area contributed by atoms with Crippen molar-refractivity contribution < 1.29 is 82.1 Å². The number of H-pyrrole nitrogens is 2. The second-order valence-corrected chi connectivity index (χ2v) is 31.1. The lowest BCUT2D eigenvalue weighted by atomic mass is 9.97. The van der Waals surface area contributed by atoms with Crippen molar-refractivity contribution in [2.45, 2.75) is 150 Å².